The number of nitrogens with one attached hydrogen (secondary N) is 2. The summed E-state index contributed by atoms with van der Waals surface area (Å²) in [6, 6.07) is 5.09. The molecular weight excluding hydrogens is 398 g/mol. The summed E-state index contributed by atoms with van der Waals surface area (Å²) in [4.78, 5) is 24.2. The molecule has 0 aromatic heterocycles. The number of amides is 3. The van der Waals surface area contributed by atoms with Gasteiger partial charge in [0.05, 0.1) is 16.7 Å². The van der Waals surface area contributed by atoms with Gasteiger partial charge in [0, 0.05) is 24.9 Å². The average Bonchev–Trinajstić information content (AvgIpc) is 3.32. The zero-order chi connectivity index (χ0) is 20.3. The number of allylic oxidation sites excluding steroid dienone is 1. The lowest BCUT2D eigenvalue weighted by Gasteiger charge is -2.04. The Labute approximate surface area is 173 Å². The SMILES string of the molecule is C=C1NC(=O)NC1C#CC1CC=C(Cl)S1.COc1ccc2c(c1)C(=O)N(C)C2. The lowest BCUT2D eigenvalue weighted by atomic mass is 10.1. The molecule has 3 heterocycles. The number of carbonyl (C=O) groups is 2. The van der Waals surface area contributed by atoms with Crippen molar-refractivity contribution in [3.05, 3.63) is 52.0 Å². The van der Waals surface area contributed by atoms with Crippen LogP contribution in [0.3, 0.4) is 0 Å². The molecule has 0 radical (unpaired) electrons. The number of benzene rings is 1. The van der Waals surface area contributed by atoms with Gasteiger partial charge in [0.15, 0.2) is 0 Å². The molecule has 3 aliphatic heterocycles. The summed E-state index contributed by atoms with van der Waals surface area (Å²) in [6.07, 6.45) is 2.81. The first-order chi connectivity index (χ1) is 13.4. The van der Waals surface area contributed by atoms with Crippen molar-refractivity contribution in [2.24, 2.45) is 0 Å². The molecule has 1 aromatic rings. The third-order valence-corrected chi connectivity index (χ3v) is 5.74. The van der Waals surface area contributed by atoms with Crippen molar-refractivity contribution < 1.29 is 14.3 Å². The number of hydrogen-bond acceptors (Lipinski definition) is 4. The van der Waals surface area contributed by atoms with E-state index in [0.29, 0.717) is 12.2 Å². The number of thioether (sulfide) groups is 1. The van der Waals surface area contributed by atoms with Crippen LogP contribution in [0.2, 0.25) is 0 Å². The highest BCUT2D eigenvalue weighted by molar-refractivity contribution is 8.05. The Morgan fingerprint density at radius 3 is 2.75 bits per heavy atom. The zero-order valence-electron chi connectivity index (χ0n) is 15.5. The van der Waals surface area contributed by atoms with Gasteiger partial charge in [-0.2, -0.15) is 0 Å². The number of carbonyl (C=O) groups excluding carboxylic acids is 2. The predicted octanol–water partition coefficient (Wildman–Crippen LogP) is 3.05. The van der Waals surface area contributed by atoms with Crippen LogP contribution in [0.25, 0.3) is 0 Å². The quantitative estimate of drug-likeness (QED) is 0.689. The Balaban J connectivity index is 0.000000162. The van der Waals surface area contributed by atoms with Crippen molar-refractivity contribution in [2.75, 3.05) is 14.2 Å². The molecule has 1 saturated heterocycles. The maximum atomic E-state index is 11.5. The predicted molar refractivity (Wildman–Crippen MR) is 111 cm³/mol. The van der Waals surface area contributed by atoms with Gasteiger partial charge in [-0.25, -0.2) is 4.79 Å². The van der Waals surface area contributed by atoms with Crippen LogP contribution in [0.15, 0.2) is 40.9 Å². The summed E-state index contributed by atoms with van der Waals surface area (Å²) in [6.45, 7) is 4.41. The van der Waals surface area contributed by atoms with Gasteiger partial charge in [-0.05, 0) is 24.1 Å². The number of urea groups is 1. The molecule has 3 aliphatic rings. The van der Waals surface area contributed by atoms with Crippen LogP contribution in [0.5, 0.6) is 5.75 Å². The second-order valence-electron chi connectivity index (χ2n) is 6.38. The van der Waals surface area contributed by atoms with E-state index in [4.69, 9.17) is 16.3 Å². The van der Waals surface area contributed by atoms with Crippen molar-refractivity contribution in [2.45, 2.75) is 24.3 Å². The topological polar surface area (TPSA) is 70.7 Å². The number of methoxy groups -OCH3 is 1. The zero-order valence-corrected chi connectivity index (χ0v) is 17.1. The molecule has 8 heteroatoms. The van der Waals surface area contributed by atoms with Gasteiger partial charge < -0.3 is 20.3 Å². The van der Waals surface area contributed by atoms with E-state index < -0.39 is 0 Å². The molecule has 3 amide bonds. The standard InChI is InChI=1S/C10H9ClN2OS.C10H11NO2/c1-6-8(13-10(14)12-6)4-2-7-3-5-9(11)15-7;1-11-6-7-3-4-8(13-2)5-9(7)10(11)12/h5,7-8H,1,3H2,(H2,12,13,14);3-5H,6H2,1-2H3. The highest BCUT2D eigenvalue weighted by Crippen LogP contribution is 2.34. The van der Waals surface area contributed by atoms with Gasteiger partial charge in [-0.1, -0.05) is 53.9 Å². The van der Waals surface area contributed by atoms with Crippen molar-refractivity contribution in [3.8, 4) is 17.6 Å². The third kappa shape index (κ3) is 4.64. The Morgan fingerprint density at radius 1 is 1.36 bits per heavy atom. The molecular formula is C20H20ClN3O3S. The Morgan fingerprint density at radius 2 is 2.14 bits per heavy atom. The fourth-order valence-electron chi connectivity index (χ4n) is 2.84. The maximum absolute atomic E-state index is 11.5. The van der Waals surface area contributed by atoms with E-state index in [1.54, 1.807) is 36.9 Å². The van der Waals surface area contributed by atoms with Crippen LogP contribution in [-0.2, 0) is 6.54 Å². The normalized spacial score (nSPS) is 22.3. The van der Waals surface area contributed by atoms with E-state index in [-0.39, 0.29) is 23.2 Å². The summed E-state index contributed by atoms with van der Waals surface area (Å²) in [5, 5.41) is 5.41. The molecule has 2 unspecified atom stereocenters. The van der Waals surface area contributed by atoms with Gasteiger partial charge in [-0.15, -0.1) is 0 Å². The Bertz CT molecular complexity index is 919. The molecule has 2 N–H and O–H groups in total. The van der Waals surface area contributed by atoms with Crippen molar-refractivity contribution in [1.29, 1.82) is 0 Å². The average molecular weight is 418 g/mol. The summed E-state index contributed by atoms with van der Waals surface area (Å²) < 4.78 is 5.85. The monoisotopic (exact) mass is 417 g/mol. The molecule has 4 rings (SSSR count). The molecule has 6 nitrogen and oxygen atoms in total. The molecule has 2 atom stereocenters. The van der Waals surface area contributed by atoms with Crippen molar-refractivity contribution >= 4 is 35.3 Å². The lowest BCUT2D eigenvalue weighted by Crippen LogP contribution is -2.25. The van der Waals surface area contributed by atoms with Crippen molar-refractivity contribution in [1.82, 2.24) is 15.5 Å². The summed E-state index contributed by atoms with van der Waals surface area (Å²) in [5.41, 5.74) is 2.45. The first-order valence-corrected chi connectivity index (χ1v) is 9.85. The molecule has 1 fully saturated rings. The fraction of sp³-hybridized carbons (Fsp3) is 0.300. The number of hydrogen-bond donors (Lipinski definition) is 2. The first kappa shape index (κ1) is 20.2. The molecule has 146 valence electrons. The van der Waals surface area contributed by atoms with E-state index in [0.717, 1.165) is 27.7 Å². The van der Waals surface area contributed by atoms with Gasteiger partial charge in [0.2, 0.25) is 0 Å². The highest BCUT2D eigenvalue weighted by atomic mass is 35.5. The Kier molecular flexibility index (Phi) is 6.22. The highest BCUT2D eigenvalue weighted by Gasteiger charge is 2.24. The van der Waals surface area contributed by atoms with Crippen molar-refractivity contribution in [3.63, 3.8) is 0 Å². The van der Waals surface area contributed by atoms with E-state index in [1.807, 2.05) is 18.2 Å². The molecule has 0 saturated carbocycles. The number of nitrogens with zero attached hydrogens (tertiary/aromatic N) is 1. The molecule has 28 heavy (non-hydrogen) atoms. The van der Waals surface area contributed by atoms with Gasteiger partial charge >= 0.3 is 6.03 Å². The summed E-state index contributed by atoms with van der Waals surface area (Å²) >= 11 is 7.35. The van der Waals surface area contributed by atoms with Gasteiger partial charge in [0.1, 0.15) is 11.8 Å². The molecule has 0 bridgehead atoms. The minimum Gasteiger partial charge on any atom is -0.497 e. The van der Waals surface area contributed by atoms with E-state index in [2.05, 4.69) is 29.1 Å². The Hall–Kier alpha value is -2.56. The number of ether oxygens (including phenoxy) is 1. The van der Waals surface area contributed by atoms with Crippen LogP contribution in [0.4, 0.5) is 4.79 Å². The molecule has 1 aromatic carbocycles. The van der Waals surface area contributed by atoms with E-state index >= 15 is 0 Å². The van der Waals surface area contributed by atoms with E-state index in [9.17, 15) is 9.59 Å². The smallest absolute Gasteiger partial charge is 0.320 e. The largest absolute Gasteiger partial charge is 0.497 e. The summed E-state index contributed by atoms with van der Waals surface area (Å²) in [7, 11) is 3.40. The molecule has 0 aliphatic carbocycles. The van der Waals surface area contributed by atoms with Crippen LogP contribution >= 0.6 is 23.4 Å². The van der Waals surface area contributed by atoms with Gasteiger partial charge in [0.25, 0.3) is 5.91 Å². The minimum absolute atomic E-state index is 0.0777. The van der Waals surface area contributed by atoms with E-state index in [1.165, 1.54) is 0 Å². The number of halogens is 1. The minimum atomic E-state index is -0.280. The first-order valence-electron chi connectivity index (χ1n) is 8.59. The lowest BCUT2D eigenvalue weighted by molar-refractivity contribution is 0.0816. The van der Waals surface area contributed by atoms with Crippen LogP contribution < -0.4 is 15.4 Å². The number of fused-ring (bicyclic) bond motifs is 1. The van der Waals surface area contributed by atoms with Crippen LogP contribution in [0, 0.1) is 11.8 Å². The van der Waals surface area contributed by atoms with Crippen LogP contribution in [0.1, 0.15) is 22.3 Å². The fourth-order valence-corrected chi connectivity index (χ4v) is 4.04. The van der Waals surface area contributed by atoms with Gasteiger partial charge in [-0.3, -0.25) is 4.79 Å². The second-order valence-corrected chi connectivity index (χ2v) is 8.26. The van der Waals surface area contributed by atoms with Crippen LogP contribution in [-0.4, -0.2) is 42.3 Å². The number of rotatable bonds is 1. The summed E-state index contributed by atoms with van der Waals surface area (Å²) in [5.74, 6) is 6.85. The molecule has 0 spiro atoms. The second kappa shape index (κ2) is 8.63. The maximum Gasteiger partial charge on any atom is 0.320 e. The third-order valence-electron chi connectivity index (χ3n) is 4.34.